The van der Waals surface area contributed by atoms with Crippen molar-refractivity contribution in [1.29, 1.82) is 0 Å². The highest BCUT2D eigenvalue weighted by Gasteiger charge is 2.32. The number of carbonyl (C=O) groups excluding carboxylic acids is 1. The van der Waals surface area contributed by atoms with E-state index in [9.17, 15) is 22.0 Å². The van der Waals surface area contributed by atoms with E-state index in [0.29, 0.717) is 30.0 Å². The van der Waals surface area contributed by atoms with Gasteiger partial charge in [0.2, 0.25) is 15.9 Å². The van der Waals surface area contributed by atoms with E-state index in [1.54, 1.807) is 24.3 Å². The molecule has 0 spiro atoms. The molecule has 0 aromatic heterocycles. The minimum Gasteiger partial charge on any atom is -0.326 e. The number of carbonyl (C=O) groups is 1. The molecular formula is C19H19ClF2N2O3S. The Balaban J connectivity index is 1.68. The van der Waals surface area contributed by atoms with E-state index >= 15 is 0 Å². The molecule has 0 unspecified atom stereocenters. The summed E-state index contributed by atoms with van der Waals surface area (Å²) in [5.41, 5.74) is 0.623. The highest BCUT2D eigenvalue weighted by molar-refractivity contribution is 7.88. The summed E-state index contributed by atoms with van der Waals surface area (Å²) in [6, 6.07) is 9.78. The number of piperidine rings is 1. The highest BCUT2D eigenvalue weighted by Crippen LogP contribution is 2.25. The lowest BCUT2D eigenvalue weighted by Gasteiger charge is -2.31. The van der Waals surface area contributed by atoms with Crippen LogP contribution in [0.3, 0.4) is 0 Å². The molecule has 1 fully saturated rings. The lowest BCUT2D eigenvalue weighted by atomic mass is 9.98. The third-order valence-electron chi connectivity index (χ3n) is 4.63. The number of halogens is 3. The van der Waals surface area contributed by atoms with Crippen molar-refractivity contribution < 1.29 is 22.0 Å². The lowest BCUT2D eigenvalue weighted by Crippen LogP contribution is -2.44. The van der Waals surface area contributed by atoms with E-state index < -0.39 is 33.5 Å². The van der Waals surface area contributed by atoms with Crippen LogP contribution in [0, 0.1) is 17.6 Å². The number of sulfonamides is 1. The zero-order valence-electron chi connectivity index (χ0n) is 14.9. The van der Waals surface area contributed by atoms with Gasteiger partial charge in [-0.15, -0.1) is 0 Å². The largest absolute Gasteiger partial charge is 0.326 e. The van der Waals surface area contributed by atoms with E-state index in [-0.39, 0.29) is 18.0 Å². The Hall–Kier alpha value is -2.03. The molecule has 1 saturated heterocycles. The molecule has 1 aliphatic heterocycles. The highest BCUT2D eigenvalue weighted by atomic mass is 35.5. The number of amides is 1. The SMILES string of the molecule is O=C(Nc1ccc(F)c(F)c1)[C@H]1CCCN(S(=O)(=O)Cc2ccccc2Cl)C1. The van der Waals surface area contributed by atoms with Gasteiger partial charge in [0.1, 0.15) is 0 Å². The van der Waals surface area contributed by atoms with Gasteiger partial charge in [-0.1, -0.05) is 29.8 Å². The third kappa shape index (κ3) is 4.87. The van der Waals surface area contributed by atoms with Crippen LogP contribution in [0.2, 0.25) is 5.02 Å². The van der Waals surface area contributed by atoms with Gasteiger partial charge in [-0.05, 0) is 36.6 Å². The Bertz CT molecular complexity index is 985. The summed E-state index contributed by atoms with van der Waals surface area (Å²) < 4.78 is 53.1. The minimum atomic E-state index is -3.65. The van der Waals surface area contributed by atoms with Crippen molar-refractivity contribution in [3.05, 3.63) is 64.7 Å². The summed E-state index contributed by atoms with van der Waals surface area (Å²) >= 11 is 6.06. The molecule has 0 bridgehead atoms. The molecule has 9 heteroatoms. The van der Waals surface area contributed by atoms with Gasteiger partial charge in [0.25, 0.3) is 0 Å². The van der Waals surface area contributed by atoms with E-state index in [4.69, 9.17) is 11.6 Å². The molecule has 150 valence electrons. The van der Waals surface area contributed by atoms with Gasteiger partial charge in [0.05, 0.1) is 11.7 Å². The Morgan fingerprint density at radius 1 is 1.18 bits per heavy atom. The number of nitrogens with zero attached hydrogens (tertiary/aromatic N) is 1. The number of benzene rings is 2. The van der Waals surface area contributed by atoms with Crippen LogP contribution in [0.25, 0.3) is 0 Å². The molecule has 0 saturated carbocycles. The Morgan fingerprint density at radius 3 is 2.64 bits per heavy atom. The summed E-state index contributed by atoms with van der Waals surface area (Å²) in [5, 5.41) is 2.89. The van der Waals surface area contributed by atoms with Crippen LogP contribution in [0.1, 0.15) is 18.4 Å². The van der Waals surface area contributed by atoms with Gasteiger partial charge in [0.15, 0.2) is 11.6 Å². The van der Waals surface area contributed by atoms with Crippen LogP contribution in [0.4, 0.5) is 14.5 Å². The summed E-state index contributed by atoms with van der Waals surface area (Å²) in [6.07, 6.45) is 1.03. The lowest BCUT2D eigenvalue weighted by molar-refractivity contribution is -0.120. The molecule has 1 aliphatic rings. The fraction of sp³-hybridized carbons (Fsp3) is 0.316. The van der Waals surface area contributed by atoms with Gasteiger partial charge >= 0.3 is 0 Å². The second-order valence-electron chi connectivity index (χ2n) is 6.66. The van der Waals surface area contributed by atoms with Crippen molar-refractivity contribution >= 4 is 33.2 Å². The fourth-order valence-corrected chi connectivity index (χ4v) is 5.05. The first kappa shape index (κ1) is 20.7. The average molecular weight is 429 g/mol. The van der Waals surface area contributed by atoms with Crippen molar-refractivity contribution in [3.63, 3.8) is 0 Å². The van der Waals surface area contributed by atoms with Crippen LogP contribution in [0.15, 0.2) is 42.5 Å². The van der Waals surface area contributed by atoms with Crippen LogP contribution in [-0.4, -0.2) is 31.7 Å². The van der Waals surface area contributed by atoms with E-state index in [1.807, 2.05) is 0 Å². The van der Waals surface area contributed by atoms with E-state index in [2.05, 4.69) is 5.32 Å². The Morgan fingerprint density at radius 2 is 1.93 bits per heavy atom. The zero-order chi connectivity index (χ0) is 20.3. The number of hydrogen-bond donors (Lipinski definition) is 1. The number of rotatable bonds is 5. The molecule has 2 aromatic carbocycles. The van der Waals surface area contributed by atoms with Gasteiger partial charge < -0.3 is 5.32 Å². The number of hydrogen-bond acceptors (Lipinski definition) is 3. The zero-order valence-corrected chi connectivity index (χ0v) is 16.4. The smallest absolute Gasteiger partial charge is 0.228 e. The van der Waals surface area contributed by atoms with Crippen LogP contribution >= 0.6 is 11.6 Å². The number of anilines is 1. The molecule has 1 heterocycles. The van der Waals surface area contributed by atoms with Gasteiger partial charge in [-0.2, -0.15) is 0 Å². The summed E-state index contributed by atoms with van der Waals surface area (Å²) in [6.45, 7) is 0.351. The van der Waals surface area contributed by atoms with Crippen molar-refractivity contribution in [2.24, 2.45) is 5.92 Å². The predicted octanol–water partition coefficient (Wildman–Crippen LogP) is 3.80. The van der Waals surface area contributed by atoms with Gasteiger partial charge in [-0.3, -0.25) is 4.79 Å². The van der Waals surface area contributed by atoms with Gasteiger partial charge in [0, 0.05) is 29.9 Å². The molecule has 1 atom stereocenters. The standard InChI is InChI=1S/C19H19ClF2N2O3S/c20-16-6-2-1-4-14(16)12-28(26,27)24-9-3-5-13(11-24)19(25)23-15-7-8-17(21)18(22)10-15/h1-2,4,6-8,10,13H,3,5,9,11-12H2,(H,23,25)/t13-/m0/s1. The summed E-state index contributed by atoms with van der Waals surface area (Å²) in [7, 11) is -3.65. The van der Waals surface area contributed by atoms with E-state index in [1.165, 1.54) is 10.4 Å². The molecular weight excluding hydrogens is 410 g/mol. The van der Waals surface area contributed by atoms with Crippen LogP contribution in [0.5, 0.6) is 0 Å². The normalized spacial score (nSPS) is 18.0. The fourth-order valence-electron chi connectivity index (χ4n) is 3.13. The topological polar surface area (TPSA) is 66.5 Å². The summed E-state index contributed by atoms with van der Waals surface area (Å²) in [4.78, 5) is 12.5. The number of nitrogens with one attached hydrogen (secondary N) is 1. The third-order valence-corrected chi connectivity index (χ3v) is 6.79. The van der Waals surface area contributed by atoms with Gasteiger partial charge in [-0.25, -0.2) is 21.5 Å². The van der Waals surface area contributed by atoms with Crippen LogP contribution < -0.4 is 5.32 Å². The van der Waals surface area contributed by atoms with Crippen molar-refractivity contribution in [1.82, 2.24) is 4.31 Å². The van der Waals surface area contributed by atoms with Crippen molar-refractivity contribution in [3.8, 4) is 0 Å². The maximum absolute atomic E-state index is 13.3. The van der Waals surface area contributed by atoms with Crippen LogP contribution in [-0.2, 0) is 20.6 Å². The minimum absolute atomic E-state index is 0.0301. The molecule has 5 nitrogen and oxygen atoms in total. The first-order valence-electron chi connectivity index (χ1n) is 8.73. The molecule has 3 rings (SSSR count). The van der Waals surface area contributed by atoms with Crippen molar-refractivity contribution in [2.75, 3.05) is 18.4 Å². The van der Waals surface area contributed by atoms with E-state index in [0.717, 1.165) is 12.1 Å². The Kier molecular flexibility index (Phi) is 6.32. The maximum Gasteiger partial charge on any atom is 0.228 e. The molecule has 1 N–H and O–H groups in total. The first-order valence-corrected chi connectivity index (χ1v) is 10.7. The molecule has 1 amide bonds. The molecule has 0 radical (unpaired) electrons. The monoisotopic (exact) mass is 428 g/mol. The summed E-state index contributed by atoms with van der Waals surface area (Å²) in [5.74, 6) is -3.33. The quantitative estimate of drug-likeness (QED) is 0.787. The first-order chi connectivity index (χ1) is 13.3. The maximum atomic E-state index is 13.3. The second kappa shape index (κ2) is 8.55. The molecule has 28 heavy (non-hydrogen) atoms. The predicted molar refractivity (Wildman–Crippen MR) is 103 cm³/mol. The average Bonchev–Trinajstić information content (AvgIpc) is 2.66. The van der Waals surface area contributed by atoms with Crippen molar-refractivity contribution in [2.45, 2.75) is 18.6 Å². The Labute approximate surface area is 167 Å². The molecule has 0 aliphatic carbocycles. The molecule has 2 aromatic rings. The second-order valence-corrected chi connectivity index (χ2v) is 9.04.